The molecule has 0 unspecified atom stereocenters. The monoisotopic (exact) mass is 378 g/mol. The topological polar surface area (TPSA) is 51.5 Å². The maximum atomic E-state index is 13.0. The molecule has 5 heteroatoms. The van der Waals surface area contributed by atoms with Crippen molar-refractivity contribution in [1.82, 2.24) is 9.47 Å². The molecular formula is C23H26N2O3. The number of hydrogen-bond acceptors (Lipinski definition) is 3. The van der Waals surface area contributed by atoms with Gasteiger partial charge < -0.3 is 14.2 Å². The fraction of sp³-hybridized carbons (Fsp3) is 0.304. The minimum absolute atomic E-state index is 0.171. The predicted octanol–water partition coefficient (Wildman–Crippen LogP) is 3.85. The third-order valence-electron chi connectivity index (χ3n) is 4.63. The van der Waals surface area contributed by atoms with Gasteiger partial charge in [-0.05, 0) is 24.1 Å². The standard InChI is InChI=1S/C23H26N2O3/c1-16(2)15-28-21-12-8-5-9-17(21)13-25(4)23(27)19-14-24(3)20-11-7-6-10-18(20)22(19)26/h5-12,14,16H,13,15H2,1-4H3. The van der Waals surface area contributed by atoms with Crippen LogP contribution in [0.15, 0.2) is 59.5 Å². The Labute approximate surface area is 165 Å². The van der Waals surface area contributed by atoms with Gasteiger partial charge in [0.25, 0.3) is 5.91 Å². The van der Waals surface area contributed by atoms with E-state index in [2.05, 4.69) is 13.8 Å². The summed E-state index contributed by atoms with van der Waals surface area (Å²) in [5.41, 5.74) is 1.65. The van der Waals surface area contributed by atoms with Crippen LogP contribution in [0, 0.1) is 5.92 Å². The molecule has 28 heavy (non-hydrogen) atoms. The molecular weight excluding hydrogens is 352 g/mol. The molecule has 0 atom stereocenters. The molecule has 0 saturated heterocycles. The van der Waals surface area contributed by atoms with Gasteiger partial charge in [-0.15, -0.1) is 0 Å². The third kappa shape index (κ3) is 4.09. The number of pyridine rings is 1. The van der Waals surface area contributed by atoms with Crippen molar-refractivity contribution in [3.8, 4) is 5.75 Å². The lowest BCUT2D eigenvalue weighted by atomic mass is 10.1. The Morgan fingerprint density at radius 3 is 2.54 bits per heavy atom. The highest BCUT2D eigenvalue weighted by atomic mass is 16.5. The second kappa shape index (κ2) is 8.30. The van der Waals surface area contributed by atoms with E-state index in [4.69, 9.17) is 4.74 Å². The average molecular weight is 378 g/mol. The Balaban J connectivity index is 1.88. The number of carbonyl (C=O) groups is 1. The first kappa shape index (κ1) is 19.7. The Morgan fingerprint density at radius 2 is 1.79 bits per heavy atom. The van der Waals surface area contributed by atoms with Crippen LogP contribution in [0.25, 0.3) is 10.9 Å². The maximum absolute atomic E-state index is 13.0. The number of carbonyl (C=O) groups excluding carboxylic acids is 1. The molecule has 2 aromatic carbocycles. The first-order valence-electron chi connectivity index (χ1n) is 9.43. The van der Waals surface area contributed by atoms with Crippen LogP contribution >= 0.6 is 0 Å². The summed E-state index contributed by atoms with van der Waals surface area (Å²) in [6, 6.07) is 15.0. The van der Waals surface area contributed by atoms with Crippen LogP contribution in [0.2, 0.25) is 0 Å². The van der Waals surface area contributed by atoms with E-state index in [1.807, 2.05) is 54.1 Å². The lowest BCUT2D eigenvalue weighted by Gasteiger charge is -2.20. The predicted molar refractivity (Wildman–Crippen MR) is 112 cm³/mol. The number of aromatic nitrogens is 1. The summed E-state index contributed by atoms with van der Waals surface area (Å²) in [6.07, 6.45) is 1.62. The summed E-state index contributed by atoms with van der Waals surface area (Å²) in [4.78, 5) is 27.4. The molecule has 5 nitrogen and oxygen atoms in total. The average Bonchev–Trinajstić information content (AvgIpc) is 2.69. The molecule has 146 valence electrons. The second-order valence-electron chi connectivity index (χ2n) is 7.47. The van der Waals surface area contributed by atoms with Crippen molar-refractivity contribution in [2.45, 2.75) is 20.4 Å². The molecule has 3 aromatic rings. The molecule has 0 aliphatic heterocycles. The van der Waals surface area contributed by atoms with Crippen LogP contribution < -0.4 is 10.2 Å². The van der Waals surface area contributed by atoms with Crippen molar-refractivity contribution in [2.24, 2.45) is 13.0 Å². The van der Waals surface area contributed by atoms with Crippen LogP contribution in [0.3, 0.4) is 0 Å². The largest absolute Gasteiger partial charge is 0.493 e. The molecule has 0 aliphatic carbocycles. The second-order valence-corrected chi connectivity index (χ2v) is 7.47. The number of nitrogens with zero attached hydrogens (tertiary/aromatic N) is 2. The van der Waals surface area contributed by atoms with Crippen molar-refractivity contribution < 1.29 is 9.53 Å². The van der Waals surface area contributed by atoms with Crippen molar-refractivity contribution >= 4 is 16.8 Å². The van der Waals surface area contributed by atoms with E-state index in [0.717, 1.165) is 16.8 Å². The van der Waals surface area contributed by atoms with Crippen LogP contribution in [-0.2, 0) is 13.6 Å². The number of benzene rings is 2. The van der Waals surface area contributed by atoms with Crippen molar-refractivity contribution in [3.05, 3.63) is 76.1 Å². The van der Waals surface area contributed by atoms with Gasteiger partial charge in [0.2, 0.25) is 5.43 Å². The highest BCUT2D eigenvalue weighted by molar-refractivity contribution is 5.97. The molecule has 1 aromatic heterocycles. The number of hydrogen-bond donors (Lipinski definition) is 0. The fourth-order valence-electron chi connectivity index (χ4n) is 3.16. The Bertz CT molecular complexity index is 1050. The van der Waals surface area contributed by atoms with E-state index in [0.29, 0.717) is 24.5 Å². The van der Waals surface area contributed by atoms with E-state index in [-0.39, 0.29) is 16.9 Å². The van der Waals surface area contributed by atoms with Gasteiger partial charge in [-0.1, -0.05) is 44.2 Å². The summed E-state index contributed by atoms with van der Waals surface area (Å²) in [6.45, 7) is 5.16. The Kier molecular flexibility index (Phi) is 5.83. The minimum Gasteiger partial charge on any atom is -0.493 e. The molecule has 0 fully saturated rings. The number of ether oxygens (including phenoxy) is 1. The fourth-order valence-corrected chi connectivity index (χ4v) is 3.16. The zero-order chi connectivity index (χ0) is 20.3. The van der Waals surface area contributed by atoms with Gasteiger partial charge >= 0.3 is 0 Å². The van der Waals surface area contributed by atoms with Crippen LogP contribution in [0.4, 0.5) is 0 Å². The number of amides is 1. The Morgan fingerprint density at radius 1 is 1.11 bits per heavy atom. The summed E-state index contributed by atoms with van der Waals surface area (Å²) >= 11 is 0. The molecule has 1 amide bonds. The summed E-state index contributed by atoms with van der Waals surface area (Å²) < 4.78 is 7.70. The summed E-state index contributed by atoms with van der Waals surface area (Å²) in [5, 5.41) is 0.546. The van der Waals surface area contributed by atoms with Gasteiger partial charge in [-0.25, -0.2) is 0 Å². The van der Waals surface area contributed by atoms with Crippen LogP contribution in [0.5, 0.6) is 5.75 Å². The zero-order valence-corrected chi connectivity index (χ0v) is 16.8. The molecule has 0 aliphatic rings. The maximum Gasteiger partial charge on any atom is 0.259 e. The van der Waals surface area contributed by atoms with E-state index >= 15 is 0 Å². The molecule has 0 saturated carbocycles. The highest BCUT2D eigenvalue weighted by Gasteiger charge is 2.19. The highest BCUT2D eigenvalue weighted by Crippen LogP contribution is 2.21. The molecule has 1 heterocycles. The smallest absolute Gasteiger partial charge is 0.259 e. The van der Waals surface area contributed by atoms with E-state index < -0.39 is 0 Å². The van der Waals surface area contributed by atoms with Gasteiger partial charge in [-0.3, -0.25) is 9.59 Å². The Hall–Kier alpha value is -3.08. The summed E-state index contributed by atoms with van der Waals surface area (Å²) in [7, 11) is 3.55. The number of aryl methyl sites for hydroxylation is 1. The normalized spacial score (nSPS) is 11.0. The molecule has 3 rings (SSSR count). The number of fused-ring (bicyclic) bond motifs is 1. The molecule has 0 N–H and O–H groups in total. The lowest BCUT2D eigenvalue weighted by molar-refractivity contribution is 0.0782. The van der Waals surface area contributed by atoms with Gasteiger partial charge in [0.1, 0.15) is 11.3 Å². The van der Waals surface area contributed by atoms with Gasteiger partial charge in [0.05, 0.1) is 12.1 Å². The van der Waals surface area contributed by atoms with E-state index in [9.17, 15) is 9.59 Å². The minimum atomic E-state index is -0.301. The zero-order valence-electron chi connectivity index (χ0n) is 16.8. The molecule has 0 bridgehead atoms. The lowest BCUT2D eigenvalue weighted by Crippen LogP contribution is -2.31. The van der Waals surface area contributed by atoms with E-state index in [1.165, 1.54) is 0 Å². The molecule has 0 radical (unpaired) electrons. The molecule has 0 spiro atoms. The van der Waals surface area contributed by atoms with Crippen LogP contribution in [-0.4, -0.2) is 29.0 Å². The third-order valence-corrected chi connectivity index (χ3v) is 4.63. The van der Waals surface area contributed by atoms with Crippen molar-refractivity contribution in [3.63, 3.8) is 0 Å². The van der Waals surface area contributed by atoms with Crippen molar-refractivity contribution in [2.75, 3.05) is 13.7 Å². The van der Waals surface area contributed by atoms with Gasteiger partial charge in [-0.2, -0.15) is 0 Å². The number of rotatable bonds is 6. The first-order valence-corrected chi connectivity index (χ1v) is 9.43. The van der Waals surface area contributed by atoms with Crippen LogP contribution in [0.1, 0.15) is 29.8 Å². The van der Waals surface area contributed by atoms with Crippen molar-refractivity contribution in [1.29, 1.82) is 0 Å². The first-order chi connectivity index (χ1) is 13.4. The SMILES string of the molecule is CC(C)COc1ccccc1CN(C)C(=O)c1cn(C)c2ccccc2c1=O. The number of para-hydroxylation sites is 2. The van der Waals surface area contributed by atoms with E-state index in [1.54, 1.807) is 24.2 Å². The summed E-state index contributed by atoms with van der Waals surface area (Å²) in [5.74, 6) is 0.875. The quantitative estimate of drug-likeness (QED) is 0.655. The van der Waals surface area contributed by atoms with Gasteiger partial charge in [0, 0.05) is 37.8 Å². The van der Waals surface area contributed by atoms with Gasteiger partial charge in [0.15, 0.2) is 0 Å².